The highest BCUT2D eigenvalue weighted by Crippen LogP contribution is 2.45. The van der Waals surface area contributed by atoms with Gasteiger partial charge >= 0.3 is 6.18 Å². The van der Waals surface area contributed by atoms with Gasteiger partial charge in [0.1, 0.15) is 5.69 Å². The van der Waals surface area contributed by atoms with Crippen molar-refractivity contribution in [2.75, 3.05) is 18.0 Å². The van der Waals surface area contributed by atoms with Crippen molar-refractivity contribution in [3.63, 3.8) is 0 Å². The highest BCUT2D eigenvalue weighted by molar-refractivity contribution is 6.34. The van der Waals surface area contributed by atoms with E-state index in [9.17, 15) is 18.3 Å². The minimum atomic E-state index is -4.69. The average molecular weight is 490 g/mol. The van der Waals surface area contributed by atoms with Crippen molar-refractivity contribution < 1.29 is 18.3 Å². The monoisotopic (exact) mass is 489 g/mol. The van der Waals surface area contributed by atoms with Crippen molar-refractivity contribution in [2.24, 2.45) is 5.41 Å². The van der Waals surface area contributed by atoms with Crippen LogP contribution in [-0.2, 0) is 25.6 Å². The molecule has 0 bridgehead atoms. The second-order valence-electron chi connectivity index (χ2n) is 9.05. The van der Waals surface area contributed by atoms with Gasteiger partial charge in [0.2, 0.25) is 0 Å². The van der Waals surface area contributed by atoms with Crippen LogP contribution in [0.1, 0.15) is 41.2 Å². The van der Waals surface area contributed by atoms with Crippen molar-refractivity contribution in [3.8, 4) is 11.3 Å². The Morgan fingerprint density at radius 1 is 1.09 bits per heavy atom. The minimum absolute atomic E-state index is 0.0871. The van der Waals surface area contributed by atoms with Crippen LogP contribution in [0.5, 0.6) is 0 Å². The minimum Gasteiger partial charge on any atom is -0.390 e. The molecule has 0 unspecified atom stereocenters. The number of pyridine rings is 2. The molecular formula is C24H23ClF3N5O. The Kier molecular flexibility index (Phi) is 5.72. The Morgan fingerprint density at radius 3 is 2.53 bits per heavy atom. The quantitative estimate of drug-likeness (QED) is 0.570. The summed E-state index contributed by atoms with van der Waals surface area (Å²) in [5.74, 6) is 0.563. The highest BCUT2D eigenvalue weighted by Gasteiger charge is 2.41. The molecule has 0 radical (unpaired) electrons. The summed E-state index contributed by atoms with van der Waals surface area (Å²) in [5.41, 5.74) is 2.56. The Hall–Kier alpha value is -2.78. The number of fused-ring (bicyclic) bond motifs is 1. The van der Waals surface area contributed by atoms with Crippen LogP contribution < -0.4 is 4.90 Å². The number of aromatic nitrogens is 4. The van der Waals surface area contributed by atoms with Gasteiger partial charge in [-0.1, -0.05) is 17.7 Å². The Balaban J connectivity index is 1.42. The fourth-order valence-corrected chi connectivity index (χ4v) is 5.45. The zero-order valence-electron chi connectivity index (χ0n) is 18.5. The van der Waals surface area contributed by atoms with Crippen LogP contribution in [0.15, 0.2) is 30.6 Å². The van der Waals surface area contributed by atoms with Crippen molar-refractivity contribution in [1.82, 2.24) is 19.9 Å². The third-order valence-corrected chi connectivity index (χ3v) is 7.28. The lowest BCUT2D eigenvalue weighted by Crippen LogP contribution is -2.41. The number of hydrogen-bond acceptors (Lipinski definition) is 6. The van der Waals surface area contributed by atoms with Crippen molar-refractivity contribution in [2.45, 2.75) is 45.4 Å². The Labute approximate surface area is 199 Å². The van der Waals surface area contributed by atoms with Crippen LogP contribution in [0.3, 0.4) is 0 Å². The van der Waals surface area contributed by atoms with Gasteiger partial charge in [0.05, 0.1) is 23.0 Å². The molecule has 0 atom stereocenters. The predicted molar refractivity (Wildman–Crippen MR) is 121 cm³/mol. The number of rotatable bonds is 3. The summed E-state index contributed by atoms with van der Waals surface area (Å²) in [6.07, 6.45) is 2.11. The van der Waals surface area contributed by atoms with E-state index in [-0.39, 0.29) is 23.3 Å². The fourth-order valence-electron chi connectivity index (χ4n) is 5.14. The van der Waals surface area contributed by atoms with Crippen LogP contribution >= 0.6 is 11.6 Å². The number of aliphatic hydroxyl groups excluding tert-OH is 1. The largest absolute Gasteiger partial charge is 0.434 e. The average Bonchev–Trinajstić information content (AvgIpc) is 3.16. The van der Waals surface area contributed by atoms with Gasteiger partial charge < -0.3 is 10.0 Å². The second-order valence-corrected chi connectivity index (χ2v) is 9.43. The SMILES string of the molecule is Cc1nc(N2CCC3(CC2)Cc2cccnc2C3)c(CO)nc1-c1ccnc(C(F)(F)F)c1Cl. The Morgan fingerprint density at radius 2 is 1.85 bits per heavy atom. The van der Waals surface area contributed by atoms with E-state index in [2.05, 4.69) is 30.9 Å². The van der Waals surface area contributed by atoms with Gasteiger partial charge in [-0.25, -0.2) is 9.97 Å². The van der Waals surface area contributed by atoms with Gasteiger partial charge in [0, 0.05) is 36.7 Å². The summed E-state index contributed by atoms with van der Waals surface area (Å²) in [5, 5.41) is 9.50. The summed E-state index contributed by atoms with van der Waals surface area (Å²) in [7, 11) is 0. The number of piperidine rings is 1. The molecule has 1 saturated heterocycles. The van der Waals surface area contributed by atoms with Gasteiger partial charge in [-0.05, 0) is 55.7 Å². The van der Waals surface area contributed by atoms with E-state index in [1.807, 2.05) is 12.3 Å². The molecule has 3 aromatic rings. The lowest BCUT2D eigenvalue weighted by atomic mass is 9.76. The number of aliphatic hydroxyl groups is 1. The maximum absolute atomic E-state index is 13.3. The number of aryl methyl sites for hydroxylation is 1. The van der Waals surface area contributed by atoms with E-state index in [0.29, 0.717) is 17.2 Å². The zero-order valence-corrected chi connectivity index (χ0v) is 19.3. The first-order valence-corrected chi connectivity index (χ1v) is 11.5. The molecule has 5 rings (SSSR count). The molecule has 178 valence electrons. The van der Waals surface area contributed by atoms with Gasteiger partial charge in [-0.2, -0.15) is 13.2 Å². The van der Waals surface area contributed by atoms with E-state index in [1.165, 1.54) is 17.3 Å². The molecule has 10 heteroatoms. The number of anilines is 1. The van der Waals surface area contributed by atoms with E-state index < -0.39 is 16.9 Å². The van der Waals surface area contributed by atoms with Crippen LogP contribution in [0.4, 0.5) is 19.0 Å². The second kappa shape index (κ2) is 8.46. The first kappa shape index (κ1) is 23.0. The standard InChI is InChI=1S/C24H23ClF3N5O/c1-14-20(16-4-8-30-21(19(16)25)24(26,27)28)32-18(13-34)22(31-14)33-9-5-23(6-10-33)11-15-3-2-7-29-17(15)12-23/h2-4,7-8,34H,5-6,9-13H2,1H3. The number of nitrogens with zero attached hydrogens (tertiary/aromatic N) is 5. The van der Waals surface area contributed by atoms with E-state index in [0.717, 1.165) is 45.0 Å². The van der Waals surface area contributed by atoms with Crippen LogP contribution in [0.25, 0.3) is 11.3 Å². The smallest absolute Gasteiger partial charge is 0.390 e. The third kappa shape index (κ3) is 4.01. The number of halogens is 4. The maximum atomic E-state index is 13.3. The summed E-state index contributed by atoms with van der Waals surface area (Å²) in [4.78, 5) is 19.2. The highest BCUT2D eigenvalue weighted by atomic mass is 35.5. The first-order valence-electron chi connectivity index (χ1n) is 11.1. The first-order chi connectivity index (χ1) is 16.2. The summed E-state index contributed by atoms with van der Waals surface area (Å²) in [6.45, 7) is 2.80. The van der Waals surface area contributed by atoms with E-state index in [1.54, 1.807) is 6.92 Å². The molecule has 34 heavy (non-hydrogen) atoms. The zero-order chi connectivity index (χ0) is 24.1. The lowest BCUT2D eigenvalue weighted by Gasteiger charge is -2.40. The summed E-state index contributed by atoms with van der Waals surface area (Å²) >= 11 is 6.06. The van der Waals surface area contributed by atoms with E-state index >= 15 is 0 Å². The van der Waals surface area contributed by atoms with Crippen molar-refractivity contribution >= 4 is 17.4 Å². The lowest BCUT2D eigenvalue weighted by molar-refractivity contribution is -0.141. The van der Waals surface area contributed by atoms with Gasteiger partial charge in [0.25, 0.3) is 0 Å². The number of hydrogen-bond donors (Lipinski definition) is 1. The molecule has 0 amide bonds. The van der Waals surface area contributed by atoms with Gasteiger partial charge in [-0.3, -0.25) is 9.97 Å². The molecule has 1 spiro atoms. The number of alkyl halides is 3. The molecule has 2 aliphatic rings. The maximum Gasteiger partial charge on any atom is 0.434 e. The predicted octanol–water partition coefficient (Wildman–Crippen LogP) is 4.79. The van der Waals surface area contributed by atoms with Gasteiger partial charge in [0.15, 0.2) is 11.5 Å². The molecule has 3 aromatic heterocycles. The molecule has 4 heterocycles. The molecule has 1 aliphatic carbocycles. The van der Waals surface area contributed by atoms with E-state index in [4.69, 9.17) is 11.6 Å². The molecule has 0 aromatic carbocycles. The molecule has 1 N–H and O–H groups in total. The molecule has 6 nitrogen and oxygen atoms in total. The summed E-state index contributed by atoms with van der Waals surface area (Å²) in [6, 6.07) is 5.51. The van der Waals surface area contributed by atoms with Crippen LogP contribution in [0, 0.1) is 12.3 Å². The van der Waals surface area contributed by atoms with Gasteiger partial charge in [-0.15, -0.1) is 0 Å². The van der Waals surface area contributed by atoms with Crippen LogP contribution in [0.2, 0.25) is 5.02 Å². The summed E-state index contributed by atoms with van der Waals surface area (Å²) < 4.78 is 39.8. The van der Waals surface area contributed by atoms with Crippen molar-refractivity contribution in [1.29, 1.82) is 0 Å². The molecular weight excluding hydrogens is 467 g/mol. The Bertz CT molecular complexity index is 1210. The normalized spacial score (nSPS) is 17.3. The fraction of sp³-hybridized carbons (Fsp3) is 0.417. The molecule has 1 fully saturated rings. The molecule has 1 aliphatic heterocycles. The van der Waals surface area contributed by atoms with Crippen LogP contribution in [-0.4, -0.2) is 38.1 Å². The third-order valence-electron chi connectivity index (χ3n) is 6.90. The van der Waals surface area contributed by atoms with Crippen molar-refractivity contribution in [3.05, 3.63) is 64.0 Å². The topological polar surface area (TPSA) is 75.0 Å². The molecule has 0 saturated carbocycles.